The normalized spacial score (nSPS) is 18.9. The molecule has 10 heteroatoms. The number of sulfone groups is 1. The fourth-order valence-corrected chi connectivity index (χ4v) is 5.60. The van der Waals surface area contributed by atoms with Gasteiger partial charge >= 0.3 is 0 Å². The Balaban J connectivity index is 1.76. The van der Waals surface area contributed by atoms with Crippen LogP contribution in [0.3, 0.4) is 0 Å². The van der Waals surface area contributed by atoms with Crippen LogP contribution in [-0.4, -0.2) is 56.4 Å². The van der Waals surface area contributed by atoms with E-state index >= 15 is 0 Å². The standard InChI is InChI=1S/C22H30ClN3O5S/c1-5-26-21(17-11-8-15(30-2)12-18(17)31-3)19(23)20(25-26)22(27)24-13-14-6-9-16(10-7-14)32(4,28)29/h8,11-12,14,16H,5-7,9-10,13H2,1-4H3,(H,24,27). The number of aryl methyl sites for hydroxylation is 1. The highest BCUT2D eigenvalue weighted by molar-refractivity contribution is 7.91. The van der Waals surface area contributed by atoms with E-state index in [1.54, 1.807) is 31.0 Å². The molecule has 1 amide bonds. The lowest BCUT2D eigenvalue weighted by Crippen LogP contribution is -2.34. The molecule has 0 saturated heterocycles. The van der Waals surface area contributed by atoms with Crippen LogP contribution in [0.1, 0.15) is 43.1 Å². The van der Waals surface area contributed by atoms with Gasteiger partial charge in [0.15, 0.2) is 5.69 Å². The molecule has 1 aliphatic rings. The van der Waals surface area contributed by atoms with Gasteiger partial charge in [0.1, 0.15) is 21.3 Å². The average Bonchev–Trinajstić information content (AvgIpc) is 3.12. The fourth-order valence-electron chi connectivity index (χ4n) is 4.15. The lowest BCUT2D eigenvalue weighted by molar-refractivity contribution is 0.0938. The van der Waals surface area contributed by atoms with Gasteiger partial charge in [0.05, 0.1) is 30.2 Å². The lowest BCUT2D eigenvalue weighted by Gasteiger charge is -2.27. The van der Waals surface area contributed by atoms with E-state index in [1.807, 2.05) is 13.0 Å². The maximum atomic E-state index is 12.9. The smallest absolute Gasteiger partial charge is 0.273 e. The van der Waals surface area contributed by atoms with Crippen molar-refractivity contribution >= 4 is 27.3 Å². The molecule has 1 heterocycles. The van der Waals surface area contributed by atoms with E-state index in [9.17, 15) is 13.2 Å². The zero-order chi connectivity index (χ0) is 23.5. The summed E-state index contributed by atoms with van der Waals surface area (Å²) in [5, 5.41) is 7.35. The van der Waals surface area contributed by atoms with Crippen molar-refractivity contribution in [2.24, 2.45) is 5.92 Å². The Morgan fingerprint density at radius 3 is 2.47 bits per heavy atom. The van der Waals surface area contributed by atoms with Crippen LogP contribution < -0.4 is 14.8 Å². The second kappa shape index (κ2) is 10.1. The summed E-state index contributed by atoms with van der Waals surface area (Å²) in [6.07, 6.45) is 4.09. The second-order valence-electron chi connectivity index (χ2n) is 8.08. The molecule has 32 heavy (non-hydrogen) atoms. The summed E-state index contributed by atoms with van der Waals surface area (Å²) in [6, 6.07) is 5.38. The van der Waals surface area contributed by atoms with Crippen LogP contribution in [0.15, 0.2) is 18.2 Å². The van der Waals surface area contributed by atoms with Gasteiger partial charge in [-0.3, -0.25) is 9.48 Å². The molecule has 0 aliphatic heterocycles. The van der Waals surface area contributed by atoms with Crippen molar-refractivity contribution in [2.45, 2.75) is 44.4 Å². The van der Waals surface area contributed by atoms with Crippen LogP contribution in [-0.2, 0) is 16.4 Å². The van der Waals surface area contributed by atoms with Gasteiger partial charge in [-0.15, -0.1) is 0 Å². The fraction of sp³-hybridized carbons (Fsp3) is 0.545. The quantitative estimate of drug-likeness (QED) is 0.616. The highest BCUT2D eigenvalue weighted by Gasteiger charge is 2.29. The van der Waals surface area contributed by atoms with E-state index in [-0.39, 0.29) is 27.8 Å². The molecule has 1 aromatic carbocycles. The van der Waals surface area contributed by atoms with Crippen LogP contribution in [0.2, 0.25) is 5.02 Å². The average molecular weight is 484 g/mol. The van der Waals surface area contributed by atoms with Crippen LogP contribution >= 0.6 is 11.6 Å². The molecule has 8 nitrogen and oxygen atoms in total. The highest BCUT2D eigenvalue weighted by Crippen LogP contribution is 2.38. The van der Waals surface area contributed by atoms with Crippen molar-refractivity contribution in [2.75, 3.05) is 27.0 Å². The van der Waals surface area contributed by atoms with Gasteiger partial charge in [-0.25, -0.2) is 8.42 Å². The molecule has 0 radical (unpaired) electrons. The summed E-state index contributed by atoms with van der Waals surface area (Å²) in [5.41, 5.74) is 1.48. The Morgan fingerprint density at radius 2 is 1.91 bits per heavy atom. The summed E-state index contributed by atoms with van der Waals surface area (Å²) < 4.78 is 35.9. The molecule has 2 aromatic rings. The molecular formula is C22H30ClN3O5S. The first-order chi connectivity index (χ1) is 15.2. The van der Waals surface area contributed by atoms with Gasteiger partial charge in [-0.1, -0.05) is 11.6 Å². The van der Waals surface area contributed by atoms with Gasteiger partial charge in [-0.05, 0) is 50.7 Å². The predicted octanol–water partition coefficient (Wildman–Crippen LogP) is 3.57. The van der Waals surface area contributed by atoms with Gasteiger partial charge in [0.25, 0.3) is 5.91 Å². The van der Waals surface area contributed by atoms with Crippen molar-refractivity contribution in [3.05, 3.63) is 28.9 Å². The van der Waals surface area contributed by atoms with Crippen molar-refractivity contribution in [3.8, 4) is 22.8 Å². The third kappa shape index (κ3) is 5.20. The van der Waals surface area contributed by atoms with E-state index in [0.29, 0.717) is 48.7 Å². The minimum absolute atomic E-state index is 0.159. The third-order valence-corrected chi connectivity index (χ3v) is 8.06. The Morgan fingerprint density at radius 1 is 1.22 bits per heavy atom. The maximum absolute atomic E-state index is 12.9. The number of aromatic nitrogens is 2. The number of halogens is 1. The van der Waals surface area contributed by atoms with Gasteiger partial charge in [0, 0.05) is 31.0 Å². The number of benzene rings is 1. The second-order valence-corrected chi connectivity index (χ2v) is 10.8. The molecule has 1 saturated carbocycles. The summed E-state index contributed by atoms with van der Waals surface area (Å²) in [4.78, 5) is 12.9. The lowest BCUT2D eigenvalue weighted by atomic mass is 9.89. The molecular weight excluding hydrogens is 454 g/mol. The first-order valence-electron chi connectivity index (χ1n) is 10.6. The molecule has 176 valence electrons. The number of carbonyl (C=O) groups is 1. The van der Waals surface area contributed by atoms with Gasteiger partial charge in [-0.2, -0.15) is 5.10 Å². The van der Waals surface area contributed by atoms with E-state index in [0.717, 1.165) is 12.8 Å². The molecule has 1 aromatic heterocycles. The number of rotatable bonds is 8. The van der Waals surface area contributed by atoms with Crippen molar-refractivity contribution in [1.29, 1.82) is 0 Å². The number of nitrogens with zero attached hydrogens (tertiary/aromatic N) is 2. The molecule has 3 rings (SSSR count). The number of amides is 1. The molecule has 1 fully saturated rings. The summed E-state index contributed by atoms with van der Waals surface area (Å²) in [6.45, 7) is 2.91. The van der Waals surface area contributed by atoms with Crippen molar-refractivity contribution < 1.29 is 22.7 Å². The first kappa shape index (κ1) is 24.4. The summed E-state index contributed by atoms with van der Waals surface area (Å²) in [5.74, 6) is 1.11. The Labute approximate surface area is 194 Å². The monoisotopic (exact) mass is 483 g/mol. The highest BCUT2D eigenvalue weighted by atomic mass is 35.5. The van der Waals surface area contributed by atoms with Gasteiger partial charge < -0.3 is 14.8 Å². The van der Waals surface area contributed by atoms with E-state index in [4.69, 9.17) is 21.1 Å². The summed E-state index contributed by atoms with van der Waals surface area (Å²) >= 11 is 6.63. The molecule has 0 bridgehead atoms. The topological polar surface area (TPSA) is 99.5 Å². The minimum atomic E-state index is -3.01. The van der Waals surface area contributed by atoms with Gasteiger partial charge in [0.2, 0.25) is 0 Å². The Bertz CT molecular complexity index is 1080. The number of ether oxygens (including phenoxy) is 2. The number of carbonyl (C=O) groups excluding carboxylic acids is 1. The van der Waals surface area contributed by atoms with Crippen molar-refractivity contribution in [1.82, 2.24) is 15.1 Å². The van der Waals surface area contributed by atoms with E-state index in [2.05, 4.69) is 10.4 Å². The molecule has 0 atom stereocenters. The number of hydrogen-bond acceptors (Lipinski definition) is 6. The number of methoxy groups -OCH3 is 2. The van der Waals surface area contributed by atoms with Crippen LogP contribution in [0.5, 0.6) is 11.5 Å². The predicted molar refractivity (Wildman–Crippen MR) is 124 cm³/mol. The first-order valence-corrected chi connectivity index (χ1v) is 13.0. The van der Waals surface area contributed by atoms with Crippen LogP contribution in [0, 0.1) is 5.92 Å². The molecule has 0 spiro atoms. The van der Waals surface area contributed by atoms with Crippen LogP contribution in [0.4, 0.5) is 0 Å². The SMILES string of the molecule is CCn1nc(C(=O)NCC2CCC(S(C)(=O)=O)CC2)c(Cl)c1-c1ccc(OC)cc1OC. The van der Waals surface area contributed by atoms with E-state index in [1.165, 1.54) is 6.26 Å². The Hall–Kier alpha value is -2.26. The van der Waals surface area contributed by atoms with Crippen LogP contribution in [0.25, 0.3) is 11.3 Å². The number of hydrogen-bond donors (Lipinski definition) is 1. The zero-order valence-electron chi connectivity index (χ0n) is 18.9. The molecule has 1 aliphatic carbocycles. The summed E-state index contributed by atoms with van der Waals surface area (Å²) in [7, 11) is 0.131. The molecule has 1 N–H and O–H groups in total. The van der Waals surface area contributed by atoms with E-state index < -0.39 is 9.84 Å². The molecule has 0 unspecified atom stereocenters. The largest absolute Gasteiger partial charge is 0.497 e. The Kier molecular flexibility index (Phi) is 7.71. The number of nitrogens with one attached hydrogen (secondary N) is 1. The zero-order valence-corrected chi connectivity index (χ0v) is 20.4. The third-order valence-electron chi connectivity index (χ3n) is 6.02. The van der Waals surface area contributed by atoms with Crippen molar-refractivity contribution in [3.63, 3.8) is 0 Å². The maximum Gasteiger partial charge on any atom is 0.273 e. The minimum Gasteiger partial charge on any atom is -0.497 e.